The van der Waals surface area contributed by atoms with Crippen LogP contribution in [0.15, 0.2) is 30.3 Å². The summed E-state index contributed by atoms with van der Waals surface area (Å²) in [4.78, 5) is 2.30. The van der Waals surface area contributed by atoms with Crippen LogP contribution in [0.2, 0.25) is 0 Å². The van der Waals surface area contributed by atoms with E-state index in [0.29, 0.717) is 0 Å². The predicted molar refractivity (Wildman–Crippen MR) is 66.0 cm³/mol. The second kappa shape index (κ2) is 8.61. The summed E-state index contributed by atoms with van der Waals surface area (Å²) in [6, 6.07) is 10.5. The highest BCUT2D eigenvalue weighted by atomic mass is 15.1. The van der Waals surface area contributed by atoms with E-state index >= 15 is 0 Å². The molecular formula is C13H23N. The monoisotopic (exact) mass is 193 g/mol. The number of hydrogen-bond acceptors (Lipinski definition) is 1. The van der Waals surface area contributed by atoms with Crippen molar-refractivity contribution in [3.05, 3.63) is 30.3 Å². The standard InChI is InChI=1S/C11H17N.C2H6/c1-3-4-10-12(2)11-8-6-5-7-9-11;1-2/h5-9H,3-4,10H2,1-2H3;1-2H3. The SMILES string of the molecule is CC.CCCCN(C)c1ccccc1. The Bertz CT molecular complexity index is 206. The van der Waals surface area contributed by atoms with E-state index in [1.54, 1.807) is 0 Å². The van der Waals surface area contributed by atoms with Crippen LogP contribution < -0.4 is 4.90 Å². The molecule has 0 saturated carbocycles. The molecule has 0 amide bonds. The van der Waals surface area contributed by atoms with Crippen LogP contribution in [0.3, 0.4) is 0 Å². The lowest BCUT2D eigenvalue weighted by molar-refractivity contribution is 0.767. The molecule has 0 aromatic heterocycles. The van der Waals surface area contributed by atoms with Gasteiger partial charge in [-0.05, 0) is 18.6 Å². The highest BCUT2D eigenvalue weighted by Gasteiger charge is 1.96. The Kier molecular flexibility index (Phi) is 8.01. The van der Waals surface area contributed by atoms with Gasteiger partial charge in [0.05, 0.1) is 0 Å². The molecule has 0 atom stereocenters. The average molecular weight is 193 g/mol. The highest BCUT2D eigenvalue weighted by Crippen LogP contribution is 2.11. The lowest BCUT2D eigenvalue weighted by Crippen LogP contribution is -2.17. The van der Waals surface area contributed by atoms with Crippen molar-refractivity contribution in [3.63, 3.8) is 0 Å². The second-order valence-corrected chi connectivity index (χ2v) is 3.11. The number of unbranched alkanes of at least 4 members (excludes halogenated alkanes) is 1. The first-order valence-electron chi connectivity index (χ1n) is 5.60. The maximum atomic E-state index is 2.30. The third-order valence-electron chi connectivity index (χ3n) is 2.04. The van der Waals surface area contributed by atoms with E-state index in [-0.39, 0.29) is 0 Å². The van der Waals surface area contributed by atoms with Gasteiger partial charge in [0.2, 0.25) is 0 Å². The molecule has 1 nitrogen and oxygen atoms in total. The summed E-state index contributed by atoms with van der Waals surface area (Å²) in [6.07, 6.45) is 2.53. The van der Waals surface area contributed by atoms with E-state index in [1.807, 2.05) is 13.8 Å². The Hall–Kier alpha value is -0.980. The van der Waals surface area contributed by atoms with Gasteiger partial charge < -0.3 is 4.90 Å². The van der Waals surface area contributed by atoms with Crippen LogP contribution in [0, 0.1) is 0 Å². The quantitative estimate of drug-likeness (QED) is 0.700. The summed E-state index contributed by atoms with van der Waals surface area (Å²) in [7, 11) is 2.14. The highest BCUT2D eigenvalue weighted by molar-refractivity contribution is 5.44. The van der Waals surface area contributed by atoms with Crippen LogP contribution in [0.1, 0.15) is 33.6 Å². The van der Waals surface area contributed by atoms with E-state index in [0.717, 1.165) is 6.54 Å². The maximum absolute atomic E-state index is 2.30. The number of anilines is 1. The molecule has 1 aromatic rings. The maximum Gasteiger partial charge on any atom is 0.0363 e. The minimum Gasteiger partial charge on any atom is -0.375 e. The minimum atomic E-state index is 1.15. The molecule has 0 unspecified atom stereocenters. The van der Waals surface area contributed by atoms with Gasteiger partial charge in [0.1, 0.15) is 0 Å². The molecule has 14 heavy (non-hydrogen) atoms. The number of nitrogens with zero attached hydrogens (tertiary/aromatic N) is 1. The predicted octanol–water partition coefficient (Wildman–Crippen LogP) is 3.95. The molecule has 0 aliphatic heterocycles. The molecule has 0 aliphatic carbocycles. The number of para-hydroxylation sites is 1. The van der Waals surface area contributed by atoms with Crippen LogP contribution in [0.5, 0.6) is 0 Å². The van der Waals surface area contributed by atoms with Gasteiger partial charge >= 0.3 is 0 Å². The molecule has 0 N–H and O–H groups in total. The van der Waals surface area contributed by atoms with Gasteiger partial charge in [0.15, 0.2) is 0 Å². The first kappa shape index (κ1) is 13.0. The molecule has 1 heteroatoms. The van der Waals surface area contributed by atoms with E-state index < -0.39 is 0 Å². The fraction of sp³-hybridized carbons (Fsp3) is 0.538. The average Bonchev–Trinajstić information content (AvgIpc) is 2.30. The van der Waals surface area contributed by atoms with Crippen LogP contribution in [0.4, 0.5) is 5.69 Å². The van der Waals surface area contributed by atoms with E-state index in [1.165, 1.54) is 18.5 Å². The lowest BCUT2D eigenvalue weighted by Gasteiger charge is -2.18. The van der Waals surface area contributed by atoms with Gasteiger partial charge in [0.25, 0.3) is 0 Å². The molecule has 0 fully saturated rings. The Balaban J connectivity index is 0.000000791. The van der Waals surface area contributed by atoms with Crippen LogP contribution in [-0.2, 0) is 0 Å². The third-order valence-corrected chi connectivity index (χ3v) is 2.04. The smallest absolute Gasteiger partial charge is 0.0363 e. The van der Waals surface area contributed by atoms with Crippen LogP contribution in [0.25, 0.3) is 0 Å². The van der Waals surface area contributed by atoms with Crippen molar-refractivity contribution in [2.75, 3.05) is 18.5 Å². The van der Waals surface area contributed by atoms with Crippen LogP contribution in [-0.4, -0.2) is 13.6 Å². The van der Waals surface area contributed by atoms with E-state index in [9.17, 15) is 0 Å². The molecule has 1 rings (SSSR count). The largest absolute Gasteiger partial charge is 0.375 e. The van der Waals surface area contributed by atoms with Crippen molar-refractivity contribution < 1.29 is 0 Å². The van der Waals surface area contributed by atoms with Crippen molar-refractivity contribution in [3.8, 4) is 0 Å². The zero-order chi connectivity index (χ0) is 10.8. The van der Waals surface area contributed by atoms with Crippen molar-refractivity contribution in [2.24, 2.45) is 0 Å². The Morgan fingerprint density at radius 1 is 1.07 bits per heavy atom. The zero-order valence-electron chi connectivity index (χ0n) is 9.96. The molecule has 1 aromatic carbocycles. The van der Waals surface area contributed by atoms with Crippen molar-refractivity contribution in [2.45, 2.75) is 33.6 Å². The number of hydrogen-bond donors (Lipinski definition) is 0. The van der Waals surface area contributed by atoms with Crippen molar-refractivity contribution >= 4 is 5.69 Å². The zero-order valence-corrected chi connectivity index (χ0v) is 9.96. The summed E-state index contributed by atoms with van der Waals surface area (Å²) in [5.41, 5.74) is 1.31. The summed E-state index contributed by atoms with van der Waals surface area (Å²) in [6.45, 7) is 7.37. The molecule has 0 radical (unpaired) electrons. The van der Waals surface area contributed by atoms with Gasteiger partial charge in [-0.2, -0.15) is 0 Å². The molecule has 80 valence electrons. The molecule has 0 saturated heterocycles. The van der Waals surface area contributed by atoms with E-state index in [2.05, 4.69) is 49.2 Å². The van der Waals surface area contributed by atoms with Gasteiger partial charge in [-0.3, -0.25) is 0 Å². The van der Waals surface area contributed by atoms with Crippen LogP contribution >= 0.6 is 0 Å². The van der Waals surface area contributed by atoms with Gasteiger partial charge in [-0.25, -0.2) is 0 Å². The third kappa shape index (κ3) is 4.90. The fourth-order valence-corrected chi connectivity index (χ4v) is 1.21. The molecule has 0 spiro atoms. The van der Waals surface area contributed by atoms with Crippen molar-refractivity contribution in [1.82, 2.24) is 0 Å². The summed E-state index contributed by atoms with van der Waals surface area (Å²) < 4.78 is 0. The van der Waals surface area contributed by atoms with E-state index in [4.69, 9.17) is 0 Å². The number of rotatable bonds is 4. The molecule has 0 bridgehead atoms. The Morgan fingerprint density at radius 3 is 2.14 bits per heavy atom. The molecule has 0 heterocycles. The molecular weight excluding hydrogens is 170 g/mol. The first-order chi connectivity index (χ1) is 6.84. The second-order valence-electron chi connectivity index (χ2n) is 3.11. The summed E-state index contributed by atoms with van der Waals surface area (Å²) >= 11 is 0. The Morgan fingerprint density at radius 2 is 1.64 bits per heavy atom. The number of benzene rings is 1. The lowest BCUT2D eigenvalue weighted by atomic mass is 10.2. The summed E-state index contributed by atoms with van der Waals surface area (Å²) in [5.74, 6) is 0. The minimum absolute atomic E-state index is 1.15. The fourth-order valence-electron chi connectivity index (χ4n) is 1.21. The molecule has 0 aliphatic rings. The van der Waals surface area contributed by atoms with Crippen molar-refractivity contribution in [1.29, 1.82) is 0 Å². The van der Waals surface area contributed by atoms with Gasteiger partial charge in [-0.1, -0.05) is 45.4 Å². The summed E-state index contributed by atoms with van der Waals surface area (Å²) in [5, 5.41) is 0. The topological polar surface area (TPSA) is 3.24 Å². The van der Waals surface area contributed by atoms with Gasteiger partial charge in [-0.15, -0.1) is 0 Å². The first-order valence-corrected chi connectivity index (χ1v) is 5.60. The van der Waals surface area contributed by atoms with Gasteiger partial charge in [0, 0.05) is 19.3 Å². The Labute approximate surface area is 88.8 Å². The normalized spacial score (nSPS) is 8.86.